The number of nitrogens with one attached hydrogen (secondary N) is 1. The van der Waals surface area contributed by atoms with Gasteiger partial charge in [-0.3, -0.25) is 14.7 Å². The molecule has 27 heavy (non-hydrogen) atoms. The summed E-state index contributed by atoms with van der Waals surface area (Å²) >= 11 is 0. The zero-order valence-electron chi connectivity index (χ0n) is 15.7. The number of aromatic nitrogens is 1. The van der Waals surface area contributed by atoms with Crippen molar-refractivity contribution in [2.75, 3.05) is 33.2 Å². The third kappa shape index (κ3) is 4.90. The van der Waals surface area contributed by atoms with E-state index in [0.717, 1.165) is 31.7 Å². The minimum atomic E-state index is -0.315. The van der Waals surface area contributed by atoms with Crippen LogP contribution in [0.4, 0.5) is 0 Å². The van der Waals surface area contributed by atoms with Gasteiger partial charge in [-0.1, -0.05) is 12.1 Å². The minimum Gasteiger partial charge on any atom is -0.507 e. The number of benzene rings is 1. The lowest BCUT2D eigenvalue weighted by Gasteiger charge is -2.32. The first-order valence-corrected chi connectivity index (χ1v) is 9.01. The molecule has 0 spiro atoms. The number of nitrogens with zero attached hydrogens (tertiary/aromatic N) is 4. The van der Waals surface area contributed by atoms with Crippen LogP contribution in [0.25, 0.3) is 0 Å². The summed E-state index contributed by atoms with van der Waals surface area (Å²) in [5, 5.41) is 14.8. The van der Waals surface area contributed by atoms with Gasteiger partial charge < -0.3 is 10.0 Å². The summed E-state index contributed by atoms with van der Waals surface area (Å²) in [5.74, 6) is -0.0966. The van der Waals surface area contributed by atoms with Gasteiger partial charge in [0.1, 0.15) is 5.75 Å². The molecule has 0 unspecified atom stereocenters. The molecule has 3 rings (SSSR count). The Balaban J connectivity index is 1.69. The molecule has 2 aromatic rings. The number of pyridine rings is 1. The Labute approximate surface area is 159 Å². The Morgan fingerprint density at radius 3 is 2.59 bits per heavy atom. The van der Waals surface area contributed by atoms with Gasteiger partial charge in [0.15, 0.2) is 0 Å². The molecule has 1 amide bonds. The number of hydrogen-bond acceptors (Lipinski definition) is 6. The number of aromatic hydroxyl groups is 1. The summed E-state index contributed by atoms with van der Waals surface area (Å²) in [6, 6.07) is 8.88. The second-order valence-corrected chi connectivity index (χ2v) is 6.77. The second kappa shape index (κ2) is 8.75. The number of likely N-dealkylation sites (N-methyl/N-ethyl adjacent to an activating group) is 1. The number of phenols is 1. The maximum Gasteiger partial charge on any atom is 0.271 e. The Hall–Kier alpha value is -2.77. The van der Waals surface area contributed by atoms with Crippen LogP contribution in [0.1, 0.15) is 28.4 Å². The smallest absolute Gasteiger partial charge is 0.271 e. The summed E-state index contributed by atoms with van der Waals surface area (Å²) in [5.41, 5.74) is 5.05. The predicted molar refractivity (Wildman–Crippen MR) is 105 cm³/mol. The van der Waals surface area contributed by atoms with Crippen molar-refractivity contribution in [3.63, 3.8) is 0 Å². The van der Waals surface area contributed by atoms with E-state index in [1.807, 2.05) is 12.1 Å². The molecule has 1 saturated heterocycles. The molecule has 7 nitrogen and oxygen atoms in total. The number of carbonyl (C=O) groups is 1. The molecule has 0 bridgehead atoms. The highest BCUT2D eigenvalue weighted by Gasteiger charge is 2.17. The number of rotatable bonds is 5. The molecule has 2 heterocycles. The van der Waals surface area contributed by atoms with E-state index in [1.54, 1.807) is 37.5 Å². The number of hydrogen-bond donors (Lipinski definition) is 2. The van der Waals surface area contributed by atoms with E-state index in [1.165, 1.54) is 0 Å². The average molecular weight is 367 g/mol. The summed E-state index contributed by atoms with van der Waals surface area (Å²) in [7, 11) is 2.12. The molecule has 1 fully saturated rings. The summed E-state index contributed by atoms with van der Waals surface area (Å²) < 4.78 is 0. The van der Waals surface area contributed by atoms with Gasteiger partial charge in [-0.2, -0.15) is 5.10 Å². The topological polar surface area (TPSA) is 81.1 Å². The molecule has 1 aromatic heterocycles. The van der Waals surface area contributed by atoms with Gasteiger partial charge in [-0.25, -0.2) is 5.43 Å². The van der Waals surface area contributed by atoms with E-state index in [9.17, 15) is 9.90 Å². The number of para-hydroxylation sites is 1. The molecule has 7 heteroatoms. The van der Waals surface area contributed by atoms with Crippen LogP contribution in [0.2, 0.25) is 0 Å². The van der Waals surface area contributed by atoms with Crippen LogP contribution in [0, 0.1) is 0 Å². The van der Waals surface area contributed by atoms with Crippen molar-refractivity contribution in [3.8, 4) is 5.75 Å². The number of phenolic OH excluding ortho intramolecular Hbond substituents is 1. The molecule has 142 valence electrons. The van der Waals surface area contributed by atoms with Crippen molar-refractivity contribution < 1.29 is 9.90 Å². The first-order valence-electron chi connectivity index (χ1n) is 9.01. The lowest BCUT2D eigenvalue weighted by Crippen LogP contribution is -2.43. The average Bonchev–Trinajstić information content (AvgIpc) is 2.70. The lowest BCUT2D eigenvalue weighted by atomic mass is 10.0. The zero-order valence-corrected chi connectivity index (χ0v) is 15.7. The van der Waals surface area contributed by atoms with Gasteiger partial charge >= 0.3 is 0 Å². The Bertz CT molecular complexity index is 814. The van der Waals surface area contributed by atoms with Crippen molar-refractivity contribution in [1.29, 1.82) is 0 Å². The van der Waals surface area contributed by atoms with Crippen molar-refractivity contribution in [3.05, 3.63) is 59.4 Å². The normalized spacial score (nSPS) is 16.3. The summed E-state index contributed by atoms with van der Waals surface area (Å²) in [6.45, 7) is 6.49. The number of carbonyl (C=O) groups excluding carboxylic acids is 1. The van der Waals surface area contributed by atoms with E-state index in [-0.39, 0.29) is 11.7 Å². The zero-order chi connectivity index (χ0) is 19.2. The maximum absolute atomic E-state index is 12.1. The molecule has 0 saturated carbocycles. The van der Waals surface area contributed by atoms with Crippen LogP contribution >= 0.6 is 0 Å². The number of hydrazone groups is 1. The van der Waals surface area contributed by atoms with Gasteiger partial charge in [-0.05, 0) is 32.2 Å². The fourth-order valence-corrected chi connectivity index (χ4v) is 3.02. The highest BCUT2D eigenvalue weighted by molar-refractivity contribution is 6.02. The Morgan fingerprint density at radius 1 is 1.19 bits per heavy atom. The third-order valence-electron chi connectivity index (χ3n) is 4.77. The molecular formula is C20H25N5O2. The van der Waals surface area contributed by atoms with Crippen molar-refractivity contribution in [2.45, 2.75) is 13.5 Å². The van der Waals surface area contributed by atoms with E-state index in [0.29, 0.717) is 23.4 Å². The molecule has 1 aliphatic heterocycles. The van der Waals surface area contributed by atoms with Gasteiger partial charge in [0.2, 0.25) is 0 Å². The fraction of sp³-hybridized carbons (Fsp3) is 0.350. The summed E-state index contributed by atoms with van der Waals surface area (Å²) in [6.07, 6.45) is 3.11. The van der Waals surface area contributed by atoms with Gasteiger partial charge in [-0.15, -0.1) is 0 Å². The molecule has 0 radical (unpaired) electrons. The summed E-state index contributed by atoms with van der Waals surface area (Å²) in [4.78, 5) is 20.6. The maximum atomic E-state index is 12.1. The van der Waals surface area contributed by atoms with Crippen LogP contribution in [0.5, 0.6) is 5.75 Å². The second-order valence-electron chi connectivity index (χ2n) is 6.77. The molecule has 0 aliphatic carbocycles. The van der Waals surface area contributed by atoms with Gasteiger partial charge in [0.25, 0.3) is 5.91 Å². The molecule has 0 atom stereocenters. The molecule has 2 N–H and O–H groups in total. The van der Waals surface area contributed by atoms with Crippen molar-refractivity contribution >= 4 is 11.6 Å². The standard InChI is InChI=1S/C20H25N5O2/c1-15(22-23-20(27)16-6-8-21-9-7-16)18-5-3-4-17(19(18)26)14-25-12-10-24(2)11-13-25/h3-9,26H,10-14H2,1-2H3,(H,23,27)/b22-15+. The largest absolute Gasteiger partial charge is 0.507 e. The van der Waals surface area contributed by atoms with Gasteiger partial charge in [0.05, 0.1) is 5.71 Å². The number of piperazine rings is 1. The van der Waals surface area contributed by atoms with Crippen LogP contribution < -0.4 is 5.43 Å². The van der Waals surface area contributed by atoms with Crippen LogP contribution in [0.3, 0.4) is 0 Å². The SMILES string of the molecule is C/C(=N\NC(=O)c1ccncc1)c1cccc(CN2CCN(C)CC2)c1O. The van der Waals surface area contributed by atoms with Crippen molar-refractivity contribution in [2.24, 2.45) is 5.10 Å². The van der Waals surface area contributed by atoms with Crippen LogP contribution in [-0.2, 0) is 6.54 Å². The molecule has 1 aromatic carbocycles. The highest BCUT2D eigenvalue weighted by atomic mass is 16.3. The third-order valence-corrected chi connectivity index (χ3v) is 4.77. The first-order chi connectivity index (χ1) is 13.0. The molecule has 1 aliphatic rings. The lowest BCUT2D eigenvalue weighted by molar-refractivity contribution is 0.0954. The Morgan fingerprint density at radius 2 is 1.89 bits per heavy atom. The van der Waals surface area contributed by atoms with Crippen molar-refractivity contribution in [1.82, 2.24) is 20.2 Å². The molecular weight excluding hydrogens is 342 g/mol. The van der Waals surface area contributed by atoms with Crippen LogP contribution in [0.15, 0.2) is 47.8 Å². The minimum absolute atomic E-state index is 0.218. The van der Waals surface area contributed by atoms with E-state index >= 15 is 0 Å². The Kier molecular flexibility index (Phi) is 6.16. The van der Waals surface area contributed by atoms with E-state index in [4.69, 9.17) is 0 Å². The number of amides is 1. The fourth-order valence-electron chi connectivity index (χ4n) is 3.02. The monoisotopic (exact) mass is 367 g/mol. The quantitative estimate of drug-likeness (QED) is 0.621. The predicted octanol–water partition coefficient (Wildman–Crippen LogP) is 1.69. The van der Waals surface area contributed by atoms with E-state index < -0.39 is 0 Å². The van der Waals surface area contributed by atoms with Gasteiger partial charge in [0, 0.05) is 61.8 Å². The van der Waals surface area contributed by atoms with Crippen LogP contribution in [-0.4, -0.2) is 64.7 Å². The first kappa shape index (κ1) is 19.0. The van der Waals surface area contributed by atoms with E-state index in [2.05, 4.69) is 32.4 Å². The highest BCUT2D eigenvalue weighted by Crippen LogP contribution is 2.25.